The highest BCUT2D eigenvalue weighted by Crippen LogP contribution is 2.50. The Morgan fingerprint density at radius 3 is 2.59 bits per heavy atom. The summed E-state index contributed by atoms with van der Waals surface area (Å²) in [6, 6.07) is 5.80. The van der Waals surface area contributed by atoms with Gasteiger partial charge in [-0.3, -0.25) is 14.4 Å². The van der Waals surface area contributed by atoms with Crippen molar-refractivity contribution in [2.45, 2.75) is 55.2 Å². The summed E-state index contributed by atoms with van der Waals surface area (Å²) in [5.74, 6) is -1.91. The summed E-state index contributed by atoms with van der Waals surface area (Å²) in [6.07, 6.45) is 4.29. The van der Waals surface area contributed by atoms with Crippen LogP contribution in [0.5, 0.6) is 0 Å². The zero-order valence-corrected chi connectivity index (χ0v) is 16.8. The van der Waals surface area contributed by atoms with Gasteiger partial charge in [0.1, 0.15) is 5.25 Å². The van der Waals surface area contributed by atoms with Crippen molar-refractivity contribution in [2.75, 3.05) is 0 Å². The number of ketones is 1. The van der Waals surface area contributed by atoms with E-state index in [0.29, 0.717) is 10.6 Å². The number of benzene rings is 1. The first kappa shape index (κ1) is 18.5. The maximum Gasteiger partial charge on any atom is 0.317 e. The fraction of sp³-hybridized carbons (Fsp3) is 0.450. The molecule has 2 unspecified atom stereocenters. The van der Waals surface area contributed by atoms with Crippen molar-refractivity contribution in [3.63, 3.8) is 0 Å². The average molecular weight is 404 g/mol. The Bertz CT molecular complexity index is 988. The molecule has 7 heteroatoms. The molecule has 27 heavy (non-hydrogen) atoms. The highest BCUT2D eigenvalue weighted by molar-refractivity contribution is 8.00. The van der Waals surface area contributed by atoms with Gasteiger partial charge in [-0.2, -0.15) is 0 Å². The van der Waals surface area contributed by atoms with E-state index in [0.717, 1.165) is 47.2 Å². The highest BCUT2D eigenvalue weighted by Gasteiger charge is 2.51. The van der Waals surface area contributed by atoms with Crippen LogP contribution >= 0.6 is 23.1 Å². The topological polar surface area (TPSA) is 87.2 Å². The summed E-state index contributed by atoms with van der Waals surface area (Å²) in [5, 5.41) is 9.45. The third-order valence-corrected chi connectivity index (χ3v) is 8.31. The number of carboxylic acid groups (broad SMARTS) is 1. The number of fused-ring (bicyclic) bond motifs is 2. The van der Waals surface area contributed by atoms with E-state index in [1.54, 1.807) is 0 Å². The zero-order chi connectivity index (χ0) is 19.3. The van der Waals surface area contributed by atoms with Gasteiger partial charge in [0.25, 0.3) is 0 Å². The van der Waals surface area contributed by atoms with Crippen LogP contribution in [-0.4, -0.2) is 27.1 Å². The predicted octanol–water partition coefficient (Wildman–Crippen LogP) is 3.65. The van der Waals surface area contributed by atoms with Gasteiger partial charge in [-0.15, -0.1) is 0 Å². The lowest BCUT2D eigenvalue weighted by atomic mass is 9.71. The van der Waals surface area contributed by atoms with Crippen LogP contribution in [0.4, 0.5) is 0 Å². The second kappa shape index (κ2) is 6.63. The molecule has 2 heterocycles. The van der Waals surface area contributed by atoms with Crippen LogP contribution in [0.3, 0.4) is 0 Å². The molecule has 5 nitrogen and oxygen atoms in total. The molecule has 0 radical (unpaired) electrons. The maximum atomic E-state index is 13.5. The lowest BCUT2D eigenvalue weighted by Crippen LogP contribution is -2.47. The molecule has 0 saturated heterocycles. The number of carbonyl (C=O) groups excluding carboxylic acids is 1. The van der Waals surface area contributed by atoms with Crippen molar-refractivity contribution in [1.29, 1.82) is 0 Å². The van der Waals surface area contributed by atoms with E-state index in [9.17, 15) is 19.5 Å². The number of rotatable bonds is 3. The molecule has 2 atom stereocenters. The summed E-state index contributed by atoms with van der Waals surface area (Å²) >= 11 is 2.16. The quantitative estimate of drug-likeness (QED) is 0.764. The summed E-state index contributed by atoms with van der Waals surface area (Å²) in [5.41, 5.74) is 2.33. The number of hydrogen-bond donors (Lipinski definition) is 2. The van der Waals surface area contributed by atoms with Crippen LogP contribution in [0.15, 0.2) is 28.0 Å². The second-order valence-electron chi connectivity index (χ2n) is 7.80. The smallest absolute Gasteiger partial charge is 0.317 e. The van der Waals surface area contributed by atoms with Crippen molar-refractivity contribution < 1.29 is 14.7 Å². The Morgan fingerprint density at radius 1 is 1.19 bits per heavy atom. The fourth-order valence-electron chi connectivity index (χ4n) is 4.26. The van der Waals surface area contributed by atoms with Crippen molar-refractivity contribution in [2.24, 2.45) is 5.92 Å². The number of hydrogen-bond acceptors (Lipinski definition) is 5. The summed E-state index contributed by atoms with van der Waals surface area (Å²) in [7, 11) is 0. The number of nitrogens with one attached hydrogen (secondary N) is 1. The number of carboxylic acids is 1. The molecule has 1 aliphatic carbocycles. The Hall–Kier alpha value is -1.86. The van der Waals surface area contributed by atoms with Crippen molar-refractivity contribution in [3.8, 4) is 0 Å². The van der Waals surface area contributed by atoms with Gasteiger partial charge in [0.15, 0.2) is 5.78 Å². The summed E-state index contributed by atoms with van der Waals surface area (Å²) < 4.78 is 0. The molecule has 0 bridgehead atoms. The van der Waals surface area contributed by atoms with Gasteiger partial charge < -0.3 is 10.1 Å². The van der Waals surface area contributed by atoms with E-state index >= 15 is 0 Å². The molecule has 0 amide bonds. The standard InChI is InChI=1S/C20H21NO4S2/c1-20(2)13(15(18(23)24)26-17-16(20)27-19(25)21-17)14(22)12-8-7-10-5-3-4-6-11(10)9-12/h7-9,13,15H,3-6H2,1-2H3,(H,21,25)(H,23,24). The lowest BCUT2D eigenvalue weighted by molar-refractivity contribution is -0.137. The largest absolute Gasteiger partial charge is 0.480 e. The van der Waals surface area contributed by atoms with Gasteiger partial charge >= 0.3 is 10.8 Å². The number of aliphatic carboxylic acids is 1. The summed E-state index contributed by atoms with van der Waals surface area (Å²) in [6.45, 7) is 3.73. The Morgan fingerprint density at radius 2 is 1.89 bits per heavy atom. The van der Waals surface area contributed by atoms with Crippen LogP contribution in [0.2, 0.25) is 0 Å². The average Bonchev–Trinajstić information content (AvgIpc) is 3.02. The zero-order valence-electron chi connectivity index (χ0n) is 15.2. The van der Waals surface area contributed by atoms with Crippen LogP contribution < -0.4 is 4.87 Å². The monoisotopic (exact) mass is 403 g/mol. The van der Waals surface area contributed by atoms with E-state index in [4.69, 9.17) is 0 Å². The third-order valence-electron chi connectivity index (χ3n) is 5.69. The molecule has 2 aromatic rings. The van der Waals surface area contributed by atoms with Gasteiger partial charge in [-0.25, -0.2) is 0 Å². The Balaban J connectivity index is 1.79. The molecule has 0 fully saturated rings. The van der Waals surface area contributed by atoms with Gasteiger partial charge in [0, 0.05) is 15.9 Å². The molecule has 2 N–H and O–H groups in total. The van der Waals surface area contributed by atoms with Gasteiger partial charge in [0.05, 0.1) is 10.9 Å². The van der Waals surface area contributed by atoms with E-state index < -0.39 is 22.6 Å². The number of aromatic amines is 1. The first-order valence-corrected chi connectivity index (χ1v) is 10.8. The SMILES string of the molecule is CC1(C)c2sc(=O)[nH]c2SC(C(=O)O)C1C(=O)c1ccc2c(c1)CCCC2. The van der Waals surface area contributed by atoms with E-state index in [1.807, 2.05) is 32.0 Å². The van der Waals surface area contributed by atoms with Gasteiger partial charge in [-0.1, -0.05) is 49.1 Å². The van der Waals surface area contributed by atoms with E-state index in [-0.39, 0.29) is 10.7 Å². The maximum absolute atomic E-state index is 13.5. The number of aromatic nitrogens is 1. The number of H-pyrrole nitrogens is 1. The molecule has 2 aliphatic rings. The fourth-order valence-corrected chi connectivity index (χ4v) is 6.94. The molecule has 1 aromatic heterocycles. The predicted molar refractivity (Wildman–Crippen MR) is 106 cm³/mol. The number of aryl methyl sites for hydroxylation is 2. The third kappa shape index (κ3) is 3.06. The minimum Gasteiger partial charge on any atom is -0.480 e. The van der Waals surface area contributed by atoms with Crippen LogP contribution in [-0.2, 0) is 23.1 Å². The molecule has 142 valence electrons. The normalized spacial score (nSPS) is 23.3. The number of thiazole rings is 1. The Kier molecular flexibility index (Phi) is 4.55. The molecular formula is C20H21NO4S2. The minimum atomic E-state index is -1.03. The van der Waals surface area contributed by atoms with Crippen LogP contribution in [0, 0.1) is 5.92 Å². The molecule has 1 aromatic carbocycles. The number of thioether (sulfide) groups is 1. The van der Waals surface area contributed by atoms with Crippen LogP contribution in [0.1, 0.15) is 53.1 Å². The summed E-state index contributed by atoms with van der Waals surface area (Å²) in [4.78, 5) is 40.6. The molecule has 0 spiro atoms. The second-order valence-corrected chi connectivity index (χ2v) is 9.94. The van der Waals surface area contributed by atoms with Crippen molar-refractivity contribution in [1.82, 2.24) is 4.98 Å². The molecule has 0 saturated carbocycles. The highest BCUT2D eigenvalue weighted by atomic mass is 32.2. The first-order valence-electron chi connectivity index (χ1n) is 9.08. The van der Waals surface area contributed by atoms with Crippen molar-refractivity contribution in [3.05, 3.63) is 49.4 Å². The number of carbonyl (C=O) groups is 2. The van der Waals surface area contributed by atoms with Gasteiger partial charge in [0.2, 0.25) is 0 Å². The van der Waals surface area contributed by atoms with E-state index in [1.165, 1.54) is 17.5 Å². The molecular weight excluding hydrogens is 382 g/mol. The first-order chi connectivity index (χ1) is 12.8. The van der Waals surface area contributed by atoms with Crippen molar-refractivity contribution >= 4 is 34.9 Å². The van der Waals surface area contributed by atoms with Crippen LogP contribution in [0.25, 0.3) is 0 Å². The molecule has 4 rings (SSSR count). The van der Waals surface area contributed by atoms with Gasteiger partial charge in [-0.05, 0) is 42.9 Å². The number of Topliss-reactive ketones (excluding diaryl/α,β-unsaturated/α-hetero) is 1. The van der Waals surface area contributed by atoms with E-state index in [2.05, 4.69) is 4.98 Å². The lowest BCUT2D eigenvalue weighted by Gasteiger charge is -2.40. The minimum absolute atomic E-state index is 0.153. The molecule has 1 aliphatic heterocycles. The Labute approximate surface area is 165 Å².